The van der Waals surface area contributed by atoms with E-state index in [0.29, 0.717) is 25.6 Å². The van der Waals surface area contributed by atoms with Crippen LogP contribution in [0.4, 0.5) is 5.69 Å². The Morgan fingerprint density at radius 3 is 3.00 bits per heavy atom. The zero-order valence-electron chi connectivity index (χ0n) is 10.7. The average Bonchev–Trinajstić information content (AvgIpc) is 3.14. The van der Waals surface area contributed by atoms with Gasteiger partial charge in [0.2, 0.25) is 5.91 Å². The van der Waals surface area contributed by atoms with Gasteiger partial charge in [0.1, 0.15) is 5.75 Å². The fraction of sp³-hybridized carbons (Fsp3) is 0.500. The minimum Gasteiger partial charge on any atom is -0.494 e. The molecule has 1 fully saturated rings. The summed E-state index contributed by atoms with van der Waals surface area (Å²) in [7, 11) is 0. The summed E-state index contributed by atoms with van der Waals surface area (Å²) in [6, 6.07) is 8.23. The van der Waals surface area contributed by atoms with Crippen molar-refractivity contribution >= 4 is 11.6 Å². The predicted molar refractivity (Wildman–Crippen MR) is 71.9 cm³/mol. The molecule has 0 bridgehead atoms. The summed E-state index contributed by atoms with van der Waals surface area (Å²) in [6.45, 7) is 3.27. The third kappa shape index (κ3) is 4.28. The Balaban J connectivity index is 1.71. The fourth-order valence-corrected chi connectivity index (χ4v) is 1.71. The van der Waals surface area contributed by atoms with E-state index in [1.54, 1.807) is 0 Å². The largest absolute Gasteiger partial charge is 0.494 e. The van der Waals surface area contributed by atoms with Gasteiger partial charge in [0, 0.05) is 30.8 Å². The van der Waals surface area contributed by atoms with E-state index >= 15 is 0 Å². The molecule has 18 heavy (non-hydrogen) atoms. The Morgan fingerprint density at radius 2 is 2.28 bits per heavy atom. The van der Waals surface area contributed by atoms with Crippen LogP contribution in [0.1, 0.15) is 26.2 Å². The molecule has 1 aliphatic carbocycles. The van der Waals surface area contributed by atoms with Crippen molar-refractivity contribution in [2.45, 2.75) is 32.2 Å². The second kappa shape index (κ2) is 6.28. The van der Waals surface area contributed by atoms with E-state index in [9.17, 15) is 4.79 Å². The van der Waals surface area contributed by atoms with Crippen LogP contribution in [-0.4, -0.2) is 25.1 Å². The number of carbonyl (C=O) groups is 1. The van der Waals surface area contributed by atoms with E-state index in [0.717, 1.165) is 24.3 Å². The molecule has 0 aliphatic heterocycles. The van der Waals surface area contributed by atoms with E-state index in [1.165, 1.54) is 0 Å². The quantitative estimate of drug-likeness (QED) is 0.777. The molecule has 0 aromatic heterocycles. The molecular formula is C14H20N2O2. The number of rotatable bonds is 7. The zero-order chi connectivity index (χ0) is 12.8. The van der Waals surface area contributed by atoms with E-state index < -0.39 is 0 Å². The molecule has 1 aromatic rings. The summed E-state index contributed by atoms with van der Waals surface area (Å²) in [5.74, 6) is 0.982. The van der Waals surface area contributed by atoms with Gasteiger partial charge in [0.05, 0.1) is 6.61 Å². The number of carbonyl (C=O) groups excluding carboxylic acids is 1. The SMILES string of the molecule is CCOc1cccc(NCCC(=O)NC2CC2)c1. The molecule has 2 N–H and O–H groups in total. The first-order valence-electron chi connectivity index (χ1n) is 6.54. The van der Waals surface area contributed by atoms with E-state index in [1.807, 2.05) is 31.2 Å². The molecule has 1 saturated carbocycles. The van der Waals surface area contributed by atoms with Gasteiger partial charge >= 0.3 is 0 Å². The Kier molecular flexibility index (Phi) is 4.45. The van der Waals surface area contributed by atoms with Crippen molar-refractivity contribution in [3.8, 4) is 5.75 Å². The molecule has 0 spiro atoms. The lowest BCUT2D eigenvalue weighted by Gasteiger charge is -2.09. The van der Waals surface area contributed by atoms with Gasteiger partial charge in [-0.15, -0.1) is 0 Å². The summed E-state index contributed by atoms with van der Waals surface area (Å²) in [5.41, 5.74) is 0.986. The highest BCUT2D eigenvalue weighted by Crippen LogP contribution is 2.19. The van der Waals surface area contributed by atoms with Gasteiger partial charge in [0.25, 0.3) is 0 Å². The minimum absolute atomic E-state index is 0.131. The summed E-state index contributed by atoms with van der Waals surface area (Å²) < 4.78 is 5.42. The highest BCUT2D eigenvalue weighted by atomic mass is 16.5. The van der Waals surface area contributed by atoms with Crippen LogP contribution in [0.5, 0.6) is 5.75 Å². The number of hydrogen-bond donors (Lipinski definition) is 2. The number of ether oxygens (including phenoxy) is 1. The lowest BCUT2D eigenvalue weighted by molar-refractivity contribution is -0.120. The molecule has 0 heterocycles. The number of nitrogens with one attached hydrogen (secondary N) is 2. The Morgan fingerprint density at radius 1 is 1.44 bits per heavy atom. The molecule has 4 heteroatoms. The first kappa shape index (κ1) is 12.7. The number of hydrogen-bond acceptors (Lipinski definition) is 3. The normalized spacial score (nSPS) is 14.1. The molecule has 0 atom stereocenters. The molecule has 1 amide bonds. The second-order valence-corrected chi connectivity index (χ2v) is 4.48. The summed E-state index contributed by atoms with van der Waals surface area (Å²) in [4.78, 5) is 11.5. The molecule has 98 valence electrons. The standard InChI is InChI=1S/C14H20N2O2/c1-2-18-13-5-3-4-12(10-13)15-9-8-14(17)16-11-6-7-11/h3-5,10-11,15H,2,6-9H2,1H3,(H,16,17). The molecule has 4 nitrogen and oxygen atoms in total. The van der Waals surface area contributed by atoms with Gasteiger partial charge in [-0.1, -0.05) is 6.07 Å². The van der Waals surface area contributed by atoms with Crippen LogP contribution in [0.15, 0.2) is 24.3 Å². The number of anilines is 1. The first-order chi connectivity index (χ1) is 8.78. The third-order valence-corrected chi connectivity index (χ3v) is 2.77. The van der Waals surface area contributed by atoms with E-state index in [4.69, 9.17) is 4.74 Å². The van der Waals surface area contributed by atoms with Crippen molar-refractivity contribution in [1.29, 1.82) is 0 Å². The number of benzene rings is 1. The molecule has 2 rings (SSSR count). The summed E-state index contributed by atoms with van der Waals surface area (Å²) in [6.07, 6.45) is 2.78. The van der Waals surface area contributed by atoms with Gasteiger partial charge in [-0.05, 0) is 31.9 Å². The van der Waals surface area contributed by atoms with Crippen molar-refractivity contribution in [1.82, 2.24) is 5.32 Å². The van der Waals surface area contributed by atoms with Crippen molar-refractivity contribution < 1.29 is 9.53 Å². The van der Waals surface area contributed by atoms with Gasteiger partial charge < -0.3 is 15.4 Å². The lowest BCUT2D eigenvalue weighted by atomic mass is 10.3. The molecule has 1 aromatic carbocycles. The predicted octanol–water partition coefficient (Wildman–Crippen LogP) is 2.17. The molecule has 0 radical (unpaired) electrons. The zero-order valence-corrected chi connectivity index (χ0v) is 10.7. The van der Waals surface area contributed by atoms with Crippen LogP contribution < -0.4 is 15.4 Å². The molecular weight excluding hydrogens is 228 g/mol. The minimum atomic E-state index is 0.131. The maximum atomic E-state index is 11.5. The highest BCUT2D eigenvalue weighted by Gasteiger charge is 2.22. The second-order valence-electron chi connectivity index (χ2n) is 4.48. The Hall–Kier alpha value is -1.71. The van der Waals surface area contributed by atoms with Crippen molar-refractivity contribution in [3.05, 3.63) is 24.3 Å². The van der Waals surface area contributed by atoms with E-state index in [2.05, 4.69) is 10.6 Å². The first-order valence-corrected chi connectivity index (χ1v) is 6.54. The molecule has 0 saturated heterocycles. The monoisotopic (exact) mass is 248 g/mol. The smallest absolute Gasteiger partial charge is 0.221 e. The van der Waals surface area contributed by atoms with Crippen molar-refractivity contribution in [3.63, 3.8) is 0 Å². The van der Waals surface area contributed by atoms with Crippen LogP contribution in [0.25, 0.3) is 0 Å². The van der Waals surface area contributed by atoms with Crippen molar-refractivity contribution in [2.24, 2.45) is 0 Å². The summed E-state index contributed by atoms with van der Waals surface area (Å²) >= 11 is 0. The lowest BCUT2D eigenvalue weighted by Crippen LogP contribution is -2.27. The molecule has 0 unspecified atom stereocenters. The maximum absolute atomic E-state index is 11.5. The topological polar surface area (TPSA) is 50.4 Å². The third-order valence-electron chi connectivity index (χ3n) is 2.77. The van der Waals surface area contributed by atoms with Crippen LogP contribution >= 0.6 is 0 Å². The van der Waals surface area contributed by atoms with Gasteiger partial charge in [-0.3, -0.25) is 4.79 Å². The van der Waals surface area contributed by atoms with Crippen LogP contribution in [-0.2, 0) is 4.79 Å². The Bertz CT molecular complexity index is 403. The van der Waals surface area contributed by atoms with Gasteiger partial charge in [-0.2, -0.15) is 0 Å². The fourth-order valence-electron chi connectivity index (χ4n) is 1.71. The Labute approximate surface area is 108 Å². The van der Waals surface area contributed by atoms with E-state index in [-0.39, 0.29) is 5.91 Å². The van der Waals surface area contributed by atoms with Gasteiger partial charge in [-0.25, -0.2) is 0 Å². The summed E-state index contributed by atoms with van der Waals surface area (Å²) in [5, 5.41) is 6.20. The highest BCUT2D eigenvalue weighted by molar-refractivity contribution is 5.77. The number of amides is 1. The van der Waals surface area contributed by atoms with Crippen LogP contribution in [0.3, 0.4) is 0 Å². The van der Waals surface area contributed by atoms with Crippen LogP contribution in [0, 0.1) is 0 Å². The average molecular weight is 248 g/mol. The van der Waals surface area contributed by atoms with Crippen LogP contribution in [0.2, 0.25) is 0 Å². The maximum Gasteiger partial charge on any atom is 0.221 e. The van der Waals surface area contributed by atoms with Gasteiger partial charge in [0.15, 0.2) is 0 Å². The molecule has 1 aliphatic rings. The van der Waals surface area contributed by atoms with Crippen molar-refractivity contribution in [2.75, 3.05) is 18.5 Å².